The fourth-order valence-corrected chi connectivity index (χ4v) is 6.94. The number of amides is 2. The molecule has 3 aliphatic rings. The fourth-order valence-electron chi connectivity index (χ4n) is 6.70. The number of aliphatic hydroxyl groups is 1. The van der Waals surface area contributed by atoms with Gasteiger partial charge in [-0.25, -0.2) is 0 Å². The molecule has 3 heterocycles. The number of rotatable bonds is 11. The number of benzene rings is 1. The number of nitrogens with zero attached hydrogens (tertiary/aromatic N) is 2. The first-order valence-corrected chi connectivity index (χ1v) is 13.5. The van der Waals surface area contributed by atoms with E-state index in [1.807, 2.05) is 20.8 Å². The Morgan fingerprint density at radius 1 is 1.29 bits per heavy atom. The standard InChI is InChI=1S/C29H37ClN2O6/c1-6-14-31(21-11-9-8-10-20(21)30)26(35)24-29-13-12-28(5,38-29)23(27(36)37-15-7-2)22(29)25(34)32(24)19(17-33)16-18(3)4/h6-11,18-19,22-24,33H,1-2,12-17H2,3-5H3/t19-,22+,23-,24?,28+,29?/m1/s1. The summed E-state index contributed by atoms with van der Waals surface area (Å²) < 4.78 is 12.1. The van der Waals surface area contributed by atoms with Gasteiger partial charge in [-0.05, 0) is 44.2 Å². The minimum Gasteiger partial charge on any atom is -0.461 e. The van der Waals surface area contributed by atoms with Crippen molar-refractivity contribution < 1.29 is 29.0 Å². The van der Waals surface area contributed by atoms with Crippen LogP contribution in [0, 0.1) is 17.8 Å². The third-order valence-electron chi connectivity index (χ3n) is 8.11. The smallest absolute Gasteiger partial charge is 0.313 e. The van der Waals surface area contributed by atoms with Crippen LogP contribution in [0.2, 0.25) is 5.02 Å². The highest BCUT2D eigenvalue weighted by Gasteiger charge is 2.79. The number of ether oxygens (including phenoxy) is 2. The summed E-state index contributed by atoms with van der Waals surface area (Å²) in [4.78, 5) is 45.1. The first-order chi connectivity index (χ1) is 18.1. The second-order valence-electron chi connectivity index (χ2n) is 11.0. The molecule has 0 aliphatic carbocycles. The van der Waals surface area contributed by atoms with Gasteiger partial charge in [0.1, 0.15) is 24.2 Å². The fraction of sp³-hybridized carbons (Fsp3) is 0.552. The highest BCUT2D eigenvalue weighted by Crippen LogP contribution is 2.64. The largest absolute Gasteiger partial charge is 0.461 e. The van der Waals surface area contributed by atoms with Crippen LogP contribution in [0.4, 0.5) is 5.69 Å². The van der Waals surface area contributed by atoms with Gasteiger partial charge in [0.25, 0.3) is 5.91 Å². The lowest BCUT2D eigenvalue weighted by molar-refractivity contribution is -0.159. The van der Waals surface area contributed by atoms with Gasteiger partial charge in [-0.15, -0.1) is 6.58 Å². The summed E-state index contributed by atoms with van der Waals surface area (Å²) in [5, 5.41) is 10.8. The maximum Gasteiger partial charge on any atom is 0.313 e. The molecule has 3 fully saturated rings. The Morgan fingerprint density at radius 3 is 2.61 bits per heavy atom. The average molecular weight is 545 g/mol. The monoisotopic (exact) mass is 544 g/mol. The van der Waals surface area contributed by atoms with Crippen LogP contribution in [-0.4, -0.2) is 70.8 Å². The van der Waals surface area contributed by atoms with E-state index in [-0.39, 0.29) is 37.5 Å². The van der Waals surface area contributed by atoms with E-state index in [0.29, 0.717) is 30.0 Å². The predicted octanol–water partition coefficient (Wildman–Crippen LogP) is 3.76. The van der Waals surface area contributed by atoms with Crippen LogP contribution < -0.4 is 4.90 Å². The van der Waals surface area contributed by atoms with Crippen molar-refractivity contribution in [3.8, 4) is 0 Å². The molecule has 0 radical (unpaired) electrons. The molecule has 1 aromatic rings. The van der Waals surface area contributed by atoms with E-state index >= 15 is 0 Å². The van der Waals surface area contributed by atoms with Gasteiger partial charge in [0.05, 0.1) is 34.9 Å². The quantitative estimate of drug-likeness (QED) is 0.336. The SMILES string of the molecule is C=CCOC(=O)[C@H]1[C@H]2C(=O)N([C@@H](CO)CC(C)C)C(C(=O)N(CC=C)c3ccccc3Cl)C23CC[C@]1(C)O3. The molecule has 0 saturated carbocycles. The van der Waals surface area contributed by atoms with Crippen molar-refractivity contribution in [3.63, 3.8) is 0 Å². The summed E-state index contributed by atoms with van der Waals surface area (Å²) in [6.07, 6.45) is 4.45. The van der Waals surface area contributed by atoms with Crippen LogP contribution in [0.3, 0.4) is 0 Å². The Morgan fingerprint density at radius 2 is 2.00 bits per heavy atom. The van der Waals surface area contributed by atoms with Crippen LogP contribution in [0.15, 0.2) is 49.6 Å². The Bertz CT molecular complexity index is 1120. The van der Waals surface area contributed by atoms with Crippen LogP contribution >= 0.6 is 11.6 Å². The van der Waals surface area contributed by atoms with Gasteiger partial charge in [-0.1, -0.05) is 56.3 Å². The van der Waals surface area contributed by atoms with Crippen LogP contribution in [0.1, 0.15) is 40.0 Å². The molecule has 2 unspecified atom stereocenters. The maximum atomic E-state index is 14.6. The van der Waals surface area contributed by atoms with E-state index in [1.165, 1.54) is 15.9 Å². The lowest BCUT2D eigenvalue weighted by atomic mass is 9.66. The van der Waals surface area contributed by atoms with Gasteiger partial charge in [0, 0.05) is 6.54 Å². The van der Waals surface area contributed by atoms with Gasteiger partial charge in [-0.3, -0.25) is 14.4 Å². The molecular weight excluding hydrogens is 508 g/mol. The van der Waals surface area contributed by atoms with Crippen molar-refractivity contribution in [1.29, 1.82) is 0 Å². The van der Waals surface area contributed by atoms with Crippen molar-refractivity contribution in [1.82, 2.24) is 4.90 Å². The van der Waals surface area contributed by atoms with Crippen molar-refractivity contribution in [2.45, 2.75) is 63.3 Å². The maximum absolute atomic E-state index is 14.6. The van der Waals surface area contributed by atoms with E-state index in [2.05, 4.69) is 13.2 Å². The molecule has 1 aromatic carbocycles. The number of para-hydroxylation sites is 1. The summed E-state index contributed by atoms with van der Waals surface area (Å²) in [5.74, 6) is -2.95. The minimum absolute atomic E-state index is 0.0115. The summed E-state index contributed by atoms with van der Waals surface area (Å²) >= 11 is 6.50. The normalized spacial score (nSPS) is 30.3. The molecule has 2 bridgehead atoms. The van der Waals surface area contributed by atoms with Gasteiger partial charge >= 0.3 is 5.97 Å². The lowest BCUT2D eigenvalue weighted by Gasteiger charge is -2.40. The molecule has 206 valence electrons. The highest BCUT2D eigenvalue weighted by molar-refractivity contribution is 6.34. The zero-order chi connectivity index (χ0) is 27.8. The molecule has 9 heteroatoms. The van der Waals surface area contributed by atoms with E-state index < -0.39 is 41.1 Å². The Balaban J connectivity index is 1.86. The van der Waals surface area contributed by atoms with Crippen LogP contribution in [-0.2, 0) is 23.9 Å². The highest BCUT2D eigenvalue weighted by atomic mass is 35.5. The summed E-state index contributed by atoms with van der Waals surface area (Å²) in [6.45, 7) is 13.1. The van der Waals surface area contributed by atoms with Gasteiger partial charge in [0.15, 0.2) is 0 Å². The summed E-state index contributed by atoms with van der Waals surface area (Å²) in [7, 11) is 0. The second-order valence-corrected chi connectivity index (χ2v) is 11.5. The predicted molar refractivity (Wildman–Crippen MR) is 145 cm³/mol. The first kappa shape index (κ1) is 28.3. The first-order valence-electron chi connectivity index (χ1n) is 13.1. The number of anilines is 1. The van der Waals surface area contributed by atoms with Crippen molar-refractivity contribution in [3.05, 3.63) is 54.6 Å². The zero-order valence-electron chi connectivity index (χ0n) is 22.3. The van der Waals surface area contributed by atoms with Crippen molar-refractivity contribution in [2.75, 3.05) is 24.7 Å². The minimum atomic E-state index is -1.24. The van der Waals surface area contributed by atoms with Gasteiger partial charge in [0.2, 0.25) is 5.91 Å². The van der Waals surface area contributed by atoms with Crippen molar-refractivity contribution >= 4 is 35.1 Å². The summed E-state index contributed by atoms with van der Waals surface area (Å²) in [5.41, 5.74) is -1.72. The van der Waals surface area contributed by atoms with E-state index in [9.17, 15) is 19.5 Å². The van der Waals surface area contributed by atoms with E-state index in [0.717, 1.165) is 0 Å². The number of halogens is 1. The van der Waals surface area contributed by atoms with Gasteiger partial charge < -0.3 is 24.4 Å². The molecule has 1 spiro atoms. The molecule has 4 rings (SSSR count). The molecule has 0 aromatic heterocycles. The van der Waals surface area contributed by atoms with E-state index in [4.69, 9.17) is 21.1 Å². The number of carbonyl (C=O) groups is 3. The van der Waals surface area contributed by atoms with E-state index in [1.54, 1.807) is 30.3 Å². The number of aliphatic hydroxyl groups excluding tert-OH is 1. The molecule has 38 heavy (non-hydrogen) atoms. The van der Waals surface area contributed by atoms with Crippen LogP contribution in [0.25, 0.3) is 0 Å². The Labute approximate surface area is 229 Å². The second kappa shape index (κ2) is 10.8. The third-order valence-corrected chi connectivity index (χ3v) is 8.43. The number of fused-ring (bicyclic) bond motifs is 1. The lowest BCUT2D eigenvalue weighted by Crippen LogP contribution is -2.59. The molecule has 2 amide bonds. The average Bonchev–Trinajstić information content (AvgIpc) is 3.45. The molecule has 6 atom stereocenters. The van der Waals surface area contributed by atoms with Crippen LogP contribution in [0.5, 0.6) is 0 Å². The van der Waals surface area contributed by atoms with Crippen molar-refractivity contribution in [2.24, 2.45) is 17.8 Å². The topological polar surface area (TPSA) is 96.4 Å². The number of hydrogen-bond donors (Lipinski definition) is 1. The molecule has 3 aliphatic heterocycles. The molecule has 1 N–H and O–H groups in total. The van der Waals surface area contributed by atoms with Gasteiger partial charge in [-0.2, -0.15) is 0 Å². The summed E-state index contributed by atoms with van der Waals surface area (Å²) in [6, 6.07) is 5.29. The number of hydrogen-bond acceptors (Lipinski definition) is 6. The number of likely N-dealkylation sites (tertiary alicyclic amines) is 1. The molecule has 3 saturated heterocycles. The third kappa shape index (κ3) is 4.46. The Hall–Kier alpha value is -2.68. The molecular formula is C29H37ClN2O6. The number of esters is 1. The zero-order valence-corrected chi connectivity index (χ0v) is 23.0. The number of carbonyl (C=O) groups excluding carboxylic acids is 3. The molecule has 8 nitrogen and oxygen atoms in total. The Kier molecular flexibility index (Phi) is 8.07.